The Morgan fingerprint density at radius 2 is 2.00 bits per heavy atom. The first-order chi connectivity index (χ1) is 6.61. The van der Waals surface area contributed by atoms with E-state index in [0.717, 1.165) is 0 Å². The van der Waals surface area contributed by atoms with Crippen molar-refractivity contribution in [1.82, 2.24) is 9.97 Å². The molecule has 0 amide bonds. The predicted octanol–water partition coefficient (Wildman–Crippen LogP) is 0.339. The second-order valence-electron chi connectivity index (χ2n) is 3.12. The van der Waals surface area contributed by atoms with Crippen LogP contribution in [0.4, 0.5) is 0 Å². The zero-order valence-electron chi connectivity index (χ0n) is 8.52. The van der Waals surface area contributed by atoms with Gasteiger partial charge in [0.1, 0.15) is 11.3 Å². The van der Waals surface area contributed by atoms with Gasteiger partial charge in [0.15, 0.2) is 0 Å². The summed E-state index contributed by atoms with van der Waals surface area (Å²) in [6, 6.07) is 0. The Labute approximate surface area is 82.7 Å². The monoisotopic (exact) mass is 198 g/mol. The SMILES string of the molecule is COCC(C)(O)c1nccnc1OC. The molecular formula is C9H14N2O3. The highest BCUT2D eigenvalue weighted by Crippen LogP contribution is 2.25. The largest absolute Gasteiger partial charge is 0.480 e. The van der Waals surface area contributed by atoms with Gasteiger partial charge in [0.25, 0.3) is 0 Å². The Morgan fingerprint density at radius 3 is 2.57 bits per heavy atom. The van der Waals surface area contributed by atoms with Crippen LogP contribution in [0.5, 0.6) is 5.88 Å². The second kappa shape index (κ2) is 4.34. The van der Waals surface area contributed by atoms with Gasteiger partial charge in [-0.3, -0.25) is 4.98 Å². The van der Waals surface area contributed by atoms with Crippen LogP contribution in [0.2, 0.25) is 0 Å². The van der Waals surface area contributed by atoms with Crippen LogP contribution in [0.25, 0.3) is 0 Å². The molecule has 0 bridgehead atoms. The van der Waals surface area contributed by atoms with Gasteiger partial charge in [-0.2, -0.15) is 0 Å². The molecule has 5 heteroatoms. The Bertz CT molecular complexity index is 302. The van der Waals surface area contributed by atoms with Crippen molar-refractivity contribution in [2.24, 2.45) is 0 Å². The zero-order chi connectivity index (χ0) is 10.6. The fourth-order valence-electron chi connectivity index (χ4n) is 1.19. The van der Waals surface area contributed by atoms with Gasteiger partial charge >= 0.3 is 0 Å². The molecule has 0 radical (unpaired) electrons. The van der Waals surface area contributed by atoms with Crippen molar-refractivity contribution in [2.45, 2.75) is 12.5 Å². The summed E-state index contributed by atoms with van der Waals surface area (Å²) in [5.41, 5.74) is -0.807. The molecule has 0 aliphatic carbocycles. The maximum atomic E-state index is 9.99. The summed E-state index contributed by atoms with van der Waals surface area (Å²) >= 11 is 0. The van der Waals surface area contributed by atoms with Crippen LogP contribution in [0.3, 0.4) is 0 Å². The van der Waals surface area contributed by atoms with E-state index in [4.69, 9.17) is 9.47 Å². The standard InChI is InChI=1S/C9H14N2O3/c1-9(12,6-13-2)7-8(14-3)11-5-4-10-7/h4-5,12H,6H2,1-3H3. The van der Waals surface area contributed by atoms with Crippen LogP contribution in [0, 0.1) is 0 Å². The molecule has 0 saturated heterocycles. The topological polar surface area (TPSA) is 64.5 Å². The number of hydrogen-bond donors (Lipinski definition) is 1. The average molecular weight is 198 g/mol. The number of nitrogens with zero attached hydrogens (tertiary/aromatic N) is 2. The van der Waals surface area contributed by atoms with Crippen molar-refractivity contribution < 1.29 is 14.6 Å². The van der Waals surface area contributed by atoms with Crippen molar-refractivity contribution in [3.63, 3.8) is 0 Å². The molecule has 1 aromatic rings. The van der Waals surface area contributed by atoms with E-state index in [1.54, 1.807) is 6.92 Å². The highest BCUT2D eigenvalue weighted by Gasteiger charge is 2.29. The minimum atomic E-state index is -1.19. The van der Waals surface area contributed by atoms with Crippen molar-refractivity contribution in [1.29, 1.82) is 0 Å². The molecule has 1 heterocycles. The summed E-state index contributed by atoms with van der Waals surface area (Å²) in [7, 11) is 2.99. The molecule has 0 fully saturated rings. The third-order valence-electron chi connectivity index (χ3n) is 1.79. The van der Waals surface area contributed by atoms with Gasteiger partial charge in [-0.05, 0) is 6.92 Å². The maximum Gasteiger partial charge on any atom is 0.238 e. The predicted molar refractivity (Wildman–Crippen MR) is 50.0 cm³/mol. The van der Waals surface area contributed by atoms with E-state index in [1.165, 1.54) is 26.6 Å². The normalized spacial score (nSPS) is 14.9. The number of ether oxygens (including phenoxy) is 2. The summed E-state index contributed by atoms with van der Waals surface area (Å²) in [5, 5.41) is 9.99. The van der Waals surface area contributed by atoms with Gasteiger partial charge in [0.05, 0.1) is 13.7 Å². The number of aromatic nitrogens is 2. The Hall–Kier alpha value is -1.20. The summed E-state index contributed by atoms with van der Waals surface area (Å²) in [4.78, 5) is 7.97. The van der Waals surface area contributed by atoms with Gasteiger partial charge in [-0.15, -0.1) is 0 Å². The van der Waals surface area contributed by atoms with Gasteiger partial charge < -0.3 is 14.6 Å². The zero-order valence-corrected chi connectivity index (χ0v) is 8.52. The van der Waals surface area contributed by atoms with Crippen LogP contribution in [0.15, 0.2) is 12.4 Å². The van der Waals surface area contributed by atoms with Crippen molar-refractivity contribution in [2.75, 3.05) is 20.8 Å². The number of aliphatic hydroxyl groups is 1. The lowest BCUT2D eigenvalue weighted by Crippen LogP contribution is -2.29. The molecule has 0 spiro atoms. The third kappa shape index (κ3) is 2.18. The first-order valence-electron chi connectivity index (χ1n) is 4.18. The highest BCUT2D eigenvalue weighted by atomic mass is 16.5. The van der Waals surface area contributed by atoms with Crippen LogP contribution in [-0.2, 0) is 10.3 Å². The molecular weight excluding hydrogens is 184 g/mol. The molecule has 14 heavy (non-hydrogen) atoms. The number of hydrogen-bond acceptors (Lipinski definition) is 5. The van der Waals surface area contributed by atoms with Crippen LogP contribution >= 0.6 is 0 Å². The quantitative estimate of drug-likeness (QED) is 0.755. The second-order valence-corrected chi connectivity index (χ2v) is 3.12. The number of methoxy groups -OCH3 is 2. The molecule has 1 rings (SSSR count). The van der Waals surface area contributed by atoms with Gasteiger partial charge in [-0.25, -0.2) is 4.98 Å². The molecule has 5 nitrogen and oxygen atoms in total. The van der Waals surface area contributed by atoms with E-state index >= 15 is 0 Å². The molecule has 0 aliphatic rings. The molecule has 1 atom stereocenters. The molecule has 1 aromatic heterocycles. The summed E-state index contributed by atoms with van der Waals surface area (Å²) in [6.45, 7) is 1.74. The minimum absolute atomic E-state index is 0.141. The molecule has 0 saturated carbocycles. The van der Waals surface area contributed by atoms with Gasteiger partial charge in [0.2, 0.25) is 5.88 Å². The Balaban J connectivity index is 3.04. The van der Waals surface area contributed by atoms with Crippen LogP contribution in [0.1, 0.15) is 12.6 Å². The summed E-state index contributed by atoms with van der Waals surface area (Å²) < 4.78 is 9.88. The van der Waals surface area contributed by atoms with Crippen molar-refractivity contribution in [3.8, 4) is 5.88 Å². The molecule has 1 unspecified atom stereocenters. The average Bonchev–Trinajstić information content (AvgIpc) is 2.18. The summed E-state index contributed by atoms with van der Waals surface area (Å²) in [6.07, 6.45) is 3.01. The van der Waals surface area contributed by atoms with Crippen LogP contribution < -0.4 is 4.74 Å². The van der Waals surface area contributed by atoms with Gasteiger partial charge in [0, 0.05) is 19.5 Å². The molecule has 78 valence electrons. The van der Waals surface area contributed by atoms with E-state index in [-0.39, 0.29) is 6.61 Å². The smallest absolute Gasteiger partial charge is 0.238 e. The first kappa shape index (κ1) is 10.9. The van der Waals surface area contributed by atoms with Gasteiger partial charge in [-0.1, -0.05) is 0 Å². The Kier molecular flexibility index (Phi) is 3.38. The van der Waals surface area contributed by atoms with E-state index in [1.807, 2.05) is 0 Å². The van der Waals surface area contributed by atoms with Crippen molar-refractivity contribution in [3.05, 3.63) is 18.1 Å². The fraction of sp³-hybridized carbons (Fsp3) is 0.556. The highest BCUT2D eigenvalue weighted by molar-refractivity contribution is 5.23. The Morgan fingerprint density at radius 1 is 1.36 bits per heavy atom. The fourth-order valence-corrected chi connectivity index (χ4v) is 1.19. The van der Waals surface area contributed by atoms with E-state index < -0.39 is 5.60 Å². The first-order valence-corrected chi connectivity index (χ1v) is 4.18. The maximum absolute atomic E-state index is 9.99. The van der Waals surface area contributed by atoms with E-state index in [0.29, 0.717) is 11.6 Å². The third-order valence-corrected chi connectivity index (χ3v) is 1.79. The van der Waals surface area contributed by atoms with E-state index in [2.05, 4.69) is 9.97 Å². The minimum Gasteiger partial charge on any atom is -0.480 e. The van der Waals surface area contributed by atoms with Crippen LogP contribution in [-0.4, -0.2) is 35.9 Å². The lowest BCUT2D eigenvalue weighted by Gasteiger charge is -2.22. The lowest BCUT2D eigenvalue weighted by molar-refractivity contribution is -0.0259. The molecule has 0 aromatic carbocycles. The summed E-state index contributed by atoms with van der Waals surface area (Å²) in [5.74, 6) is 0.314. The van der Waals surface area contributed by atoms with E-state index in [9.17, 15) is 5.11 Å². The molecule has 0 aliphatic heterocycles. The van der Waals surface area contributed by atoms with Crippen molar-refractivity contribution >= 4 is 0 Å². The number of rotatable bonds is 4. The molecule has 1 N–H and O–H groups in total. The lowest BCUT2D eigenvalue weighted by atomic mass is 10.0.